The summed E-state index contributed by atoms with van der Waals surface area (Å²) in [5.74, 6) is -0.481. The van der Waals surface area contributed by atoms with E-state index < -0.39 is 12.0 Å². The zero-order valence-electron chi connectivity index (χ0n) is 16.8. The lowest BCUT2D eigenvalue weighted by molar-refractivity contribution is -0.139. The van der Waals surface area contributed by atoms with Gasteiger partial charge in [-0.1, -0.05) is 63.1 Å². The van der Waals surface area contributed by atoms with Crippen molar-refractivity contribution in [3.05, 3.63) is 100 Å². The fraction of sp³-hybridized carbons (Fsp3) is 0.174. The van der Waals surface area contributed by atoms with Crippen molar-refractivity contribution in [1.29, 1.82) is 0 Å². The van der Waals surface area contributed by atoms with Crippen molar-refractivity contribution >= 4 is 50.9 Å². The molecule has 0 saturated heterocycles. The predicted octanol–water partition coefficient (Wildman–Crippen LogP) is 4.21. The second-order valence-corrected chi connectivity index (χ2v) is 9.27. The summed E-state index contributed by atoms with van der Waals surface area (Å²) in [5, 5.41) is 0.574. The van der Waals surface area contributed by atoms with Crippen LogP contribution >= 0.6 is 38.9 Å². The van der Waals surface area contributed by atoms with E-state index in [-0.39, 0.29) is 12.2 Å². The number of ether oxygens (including phenoxy) is 1. The number of nitrogens with zero attached hydrogens (tertiary/aromatic N) is 2. The van der Waals surface area contributed by atoms with Gasteiger partial charge < -0.3 is 4.74 Å². The van der Waals surface area contributed by atoms with Crippen molar-refractivity contribution < 1.29 is 9.53 Å². The molecule has 1 atom stereocenters. The lowest BCUT2D eigenvalue weighted by Crippen LogP contribution is -2.39. The molecular formula is C23H18BrClN2O3S. The molecule has 0 bridgehead atoms. The zero-order valence-corrected chi connectivity index (χ0v) is 19.9. The van der Waals surface area contributed by atoms with Gasteiger partial charge in [0.25, 0.3) is 5.56 Å². The number of fused-ring (bicyclic) bond motifs is 1. The van der Waals surface area contributed by atoms with Crippen LogP contribution in [0.5, 0.6) is 0 Å². The Labute approximate surface area is 196 Å². The molecule has 3 aromatic rings. The average molecular weight is 518 g/mol. The molecule has 31 heavy (non-hydrogen) atoms. The van der Waals surface area contributed by atoms with E-state index in [1.807, 2.05) is 42.5 Å². The minimum absolute atomic E-state index is 0.207. The fourth-order valence-corrected chi connectivity index (χ4v) is 4.90. The normalized spacial score (nSPS) is 16.1. The molecule has 5 nitrogen and oxygen atoms in total. The van der Waals surface area contributed by atoms with E-state index in [1.54, 1.807) is 30.5 Å². The average Bonchev–Trinajstić information content (AvgIpc) is 3.04. The highest BCUT2D eigenvalue weighted by atomic mass is 79.9. The lowest BCUT2D eigenvalue weighted by Gasteiger charge is -2.24. The number of hydrogen-bond acceptors (Lipinski definition) is 5. The minimum atomic E-state index is -0.639. The molecular weight excluding hydrogens is 500 g/mol. The number of esters is 1. The fourth-order valence-electron chi connectivity index (χ4n) is 3.46. The number of allylic oxidation sites excluding steroid dienone is 1. The molecule has 2 aromatic carbocycles. The Hall–Kier alpha value is -2.48. The zero-order chi connectivity index (χ0) is 22.1. The maximum Gasteiger partial charge on any atom is 0.338 e. The number of thiazole rings is 1. The largest absolute Gasteiger partial charge is 0.463 e. The van der Waals surface area contributed by atoms with Gasteiger partial charge in [0.05, 0.1) is 28.5 Å². The summed E-state index contributed by atoms with van der Waals surface area (Å²) in [6, 6.07) is 14.2. The highest BCUT2D eigenvalue weighted by Crippen LogP contribution is 2.31. The van der Waals surface area contributed by atoms with Gasteiger partial charge in [0.2, 0.25) is 0 Å². The number of hydrogen-bond donors (Lipinski definition) is 0. The van der Waals surface area contributed by atoms with Crippen LogP contribution in [0.15, 0.2) is 74.1 Å². The van der Waals surface area contributed by atoms with E-state index in [4.69, 9.17) is 16.3 Å². The van der Waals surface area contributed by atoms with Crippen molar-refractivity contribution in [2.45, 2.75) is 19.9 Å². The second-order valence-electron chi connectivity index (χ2n) is 6.91. The molecule has 1 aromatic heterocycles. The minimum Gasteiger partial charge on any atom is -0.463 e. The van der Waals surface area contributed by atoms with Crippen LogP contribution < -0.4 is 14.9 Å². The number of halogens is 2. The number of rotatable bonds is 4. The van der Waals surface area contributed by atoms with Gasteiger partial charge in [-0.3, -0.25) is 9.36 Å². The van der Waals surface area contributed by atoms with Crippen molar-refractivity contribution in [2.75, 3.05) is 6.61 Å². The third-order valence-electron chi connectivity index (χ3n) is 4.87. The topological polar surface area (TPSA) is 60.7 Å². The Bertz CT molecular complexity index is 1360. The Kier molecular flexibility index (Phi) is 6.27. The second kappa shape index (κ2) is 8.94. The Balaban J connectivity index is 1.94. The lowest BCUT2D eigenvalue weighted by atomic mass is 9.96. The summed E-state index contributed by atoms with van der Waals surface area (Å²) in [6.07, 6.45) is 1.83. The summed E-state index contributed by atoms with van der Waals surface area (Å²) in [5.41, 5.74) is 2.35. The number of carbonyl (C=O) groups excluding carboxylic acids is 1. The van der Waals surface area contributed by atoms with Crippen LogP contribution in [0.2, 0.25) is 5.02 Å². The summed E-state index contributed by atoms with van der Waals surface area (Å²) in [6.45, 7) is 3.75. The van der Waals surface area contributed by atoms with E-state index >= 15 is 0 Å². The van der Waals surface area contributed by atoms with Crippen LogP contribution in [0.25, 0.3) is 6.08 Å². The summed E-state index contributed by atoms with van der Waals surface area (Å²) in [7, 11) is 0. The van der Waals surface area contributed by atoms with Crippen LogP contribution in [0.1, 0.15) is 31.0 Å². The van der Waals surface area contributed by atoms with Crippen LogP contribution in [0.3, 0.4) is 0 Å². The molecule has 0 amide bonds. The number of carbonyl (C=O) groups is 1. The molecule has 2 heterocycles. The highest BCUT2D eigenvalue weighted by molar-refractivity contribution is 9.10. The van der Waals surface area contributed by atoms with Crippen LogP contribution in [-0.4, -0.2) is 17.1 Å². The van der Waals surface area contributed by atoms with Crippen molar-refractivity contribution in [3.63, 3.8) is 0 Å². The molecule has 4 rings (SSSR count). The van der Waals surface area contributed by atoms with E-state index in [9.17, 15) is 9.59 Å². The van der Waals surface area contributed by atoms with Crippen molar-refractivity contribution in [1.82, 2.24) is 4.57 Å². The van der Waals surface area contributed by atoms with Crippen molar-refractivity contribution in [3.8, 4) is 0 Å². The molecule has 1 unspecified atom stereocenters. The third-order valence-corrected chi connectivity index (χ3v) is 6.63. The maximum absolute atomic E-state index is 13.4. The summed E-state index contributed by atoms with van der Waals surface area (Å²) < 4.78 is 8.36. The first kappa shape index (κ1) is 21.7. The molecule has 0 aliphatic carbocycles. The molecule has 1 aliphatic heterocycles. The Morgan fingerprint density at radius 3 is 2.55 bits per heavy atom. The van der Waals surface area contributed by atoms with Gasteiger partial charge in [0.15, 0.2) is 4.80 Å². The Morgan fingerprint density at radius 1 is 1.23 bits per heavy atom. The molecule has 8 heteroatoms. The van der Waals surface area contributed by atoms with Gasteiger partial charge in [-0.05, 0) is 55.3 Å². The third kappa shape index (κ3) is 4.31. The molecule has 0 radical (unpaired) electrons. The molecule has 158 valence electrons. The molecule has 0 fully saturated rings. The first-order chi connectivity index (χ1) is 14.9. The Morgan fingerprint density at radius 2 is 1.90 bits per heavy atom. The predicted molar refractivity (Wildman–Crippen MR) is 126 cm³/mol. The highest BCUT2D eigenvalue weighted by Gasteiger charge is 2.33. The molecule has 1 aliphatic rings. The van der Waals surface area contributed by atoms with E-state index in [2.05, 4.69) is 20.9 Å². The molecule has 0 N–H and O–H groups in total. The van der Waals surface area contributed by atoms with Crippen LogP contribution in [-0.2, 0) is 9.53 Å². The van der Waals surface area contributed by atoms with Gasteiger partial charge >= 0.3 is 5.97 Å². The van der Waals surface area contributed by atoms with Gasteiger partial charge in [-0.15, -0.1) is 0 Å². The summed E-state index contributed by atoms with van der Waals surface area (Å²) in [4.78, 5) is 31.4. The quantitative estimate of drug-likeness (QED) is 0.487. The van der Waals surface area contributed by atoms with E-state index in [0.717, 1.165) is 15.6 Å². The first-order valence-corrected chi connectivity index (χ1v) is 11.6. The SMILES string of the molecule is CCOC(=O)C1=C(C)N=c2sc(=Cc3ccc(Br)cc3)c(=O)n2C1c1ccc(Cl)cc1. The van der Waals surface area contributed by atoms with Gasteiger partial charge in [-0.2, -0.15) is 0 Å². The van der Waals surface area contributed by atoms with Crippen LogP contribution in [0.4, 0.5) is 0 Å². The van der Waals surface area contributed by atoms with E-state index in [0.29, 0.717) is 25.6 Å². The van der Waals surface area contributed by atoms with Crippen molar-refractivity contribution in [2.24, 2.45) is 4.99 Å². The van der Waals surface area contributed by atoms with Gasteiger partial charge in [0.1, 0.15) is 0 Å². The molecule has 0 spiro atoms. The first-order valence-electron chi connectivity index (χ1n) is 9.59. The number of benzene rings is 2. The van der Waals surface area contributed by atoms with Crippen LogP contribution in [0, 0.1) is 0 Å². The molecule has 0 saturated carbocycles. The smallest absolute Gasteiger partial charge is 0.338 e. The number of aromatic nitrogens is 1. The van der Waals surface area contributed by atoms with Gasteiger partial charge in [0, 0.05) is 9.50 Å². The standard InChI is InChI=1S/C23H18BrClN2O3S/c1-3-30-22(29)19-13(2)26-23-27(20(19)15-6-10-17(25)11-7-15)21(28)18(31-23)12-14-4-8-16(24)9-5-14/h4-12,20H,3H2,1-2H3. The monoisotopic (exact) mass is 516 g/mol. The maximum atomic E-state index is 13.4. The summed E-state index contributed by atoms with van der Waals surface area (Å²) >= 11 is 10.8. The van der Waals surface area contributed by atoms with Gasteiger partial charge in [-0.25, -0.2) is 9.79 Å². The van der Waals surface area contributed by atoms with E-state index in [1.165, 1.54) is 11.3 Å².